The summed E-state index contributed by atoms with van der Waals surface area (Å²) < 4.78 is 10.5. The van der Waals surface area contributed by atoms with Gasteiger partial charge in [-0.2, -0.15) is 0 Å². The Morgan fingerprint density at radius 1 is 1.65 bits per heavy atom. The minimum absolute atomic E-state index is 0.0459. The molecule has 0 saturated carbocycles. The van der Waals surface area contributed by atoms with E-state index >= 15 is 0 Å². The van der Waals surface area contributed by atoms with Crippen LogP contribution < -0.4 is 0 Å². The molecule has 1 aliphatic heterocycles. The molecule has 0 aromatic carbocycles. The molecule has 1 atom stereocenters. The largest absolute Gasteiger partial charge is 0.475 e. The van der Waals surface area contributed by atoms with Crippen molar-refractivity contribution >= 4 is 5.97 Å². The zero-order chi connectivity index (χ0) is 12.3. The summed E-state index contributed by atoms with van der Waals surface area (Å²) in [5, 5.41) is 8.95. The number of hydrogen-bond acceptors (Lipinski definition) is 4. The van der Waals surface area contributed by atoms with Crippen LogP contribution >= 0.6 is 0 Å². The number of rotatable bonds is 4. The smallest absolute Gasteiger partial charge is 0.372 e. The van der Waals surface area contributed by atoms with Gasteiger partial charge in [0.05, 0.1) is 19.0 Å². The molecule has 0 spiro atoms. The second kappa shape index (κ2) is 5.33. The summed E-state index contributed by atoms with van der Waals surface area (Å²) in [7, 11) is 0. The summed E-state index contributed by atoms with van der Waals surface area (Å²) >= 11 is 0. The Hall–Kier alpha value is -1.33. The van der Waals surface area contributed by atoms with Crippen molar-refractivity contribution in [2.45, 2.75) is 26.0 Å². The van der Waals surface area contributed by atoms with E-state index in [-0.39, 0.29) is 11.9 Å². The molecule has 1 fully saturated rings. The highest BCUT2D eigenvalue weighted by atomic mass is 16.5. The van der Waals surface area contributed by atoms with Crippen LogP contribution in [0.25, 0.3) is 0 Å². The van der Waals surface area contributed by atoms with Gasteiger partial charge in [0.15, 0.2) is 0 Å². The number of aromatic carboxylic acids is 1. The van der Waals surface area contributed by atoms with Gasteiger partial charge in [0.2, 0.25) is 5.76 Å². The number of morpholine rings is 1. The van der Waals surface area contributed by atoms with Crippen LogP contribution in [-0.2, 0) is 11.3 Å². The van der Waals surface area contributed by atoms with Crippen molar-refractivity contribution in [3.05, 3.63) is 23.7 Å². The predicted octanol–water partition coefficient (Wildman–Crippen LogP) is 1.59. The molecule has 17 heavy (non-hydrogen) atoms. The van der Waals surface area contributed by atoms with Gasteiger partial charge in [-0.15, -0.1) is 0 Å². The van der Waals surface area contributed by atoms with Crippen molar-refractivity contribution in [2.75, 3.05) is 19.7 Å². The maximum atomic E-state index is 10.9. The van der Waals surface area contributed by atoms with Gasteiger partial charge >= 0.3 is 5.97 Å². The van der Waals surface area contributed by atoms with Gasteiger partial charge in [-0.25, -0.2) is 4.79 Å². The standard InChI is InChI=1S/C12H17NO4/c1-2-10-8-13(4-6-16-10)7-9-3-5-17-11(9)12(14)15/h3,5,10H,2,4,6-8H2,1H3,(H,14,15). The van der Waals surface area contributed by atoms with Crippen LogP contribution in [0.2, 0.25) is 0 Å². The number of ether oxygens (including phenoxy) is 1. The van der Waals surface area contributed by atoms with Crippen molar-refractivity contribution < 1.29 is 19.1 Å². The van der Waals surface area contributed by atoms with Crippen molar-refractivity contribution in [3.63, 3.8) is 0 Å². The fourth-order valence-electron chi connectivity index (χ4n) is 2.06. The molecule has 5 heteroatoms. The number of carboxylic acid groups (broad SMARTS) is 1. The third kappa shape index (κ3) is 2.87. The SMILES string of the molecule is CCC1CN(Cc2ccoc2C(=O)O)CCO1. The molecular weight excluding hydrogens is 222 g/mol. The summed E-state index contributed by atoms with van der Waals surface area (Å²) in [6.07, 6.45) is 2.66. The highest BCUT2D eigenvalue weighted by Gasteiger charge is 2.22. The second-order valence-corrected chi connectivity index (χ2v) is 4.22. The first-order chi connectivity index (χ1) is 8.20. The van der Waals surface area contributed by atoms with E-state index in [1.165, 1.54) is 6.26 Å². The van der Waals surface area contributed by atoms with Gasteiger partial charge in [-0.05, 0) is 12.5 Å². The molecule has 0 aliphatic carbocycles. The van der Waals surface area contributed by atoms with Crippen molar-refractivity contribution in [3.8, 4) is 0 Å². The van der Waals surface area contributed by atoms with Crippen LogP contribution in [0.4, 0.5) is 0 Å². The Kier molecular flexibility index (Phi) is 3.81. The van der Waals surface area contributed by atoms with E-state index in [0.29, 0.717) is 13.2 Å². The lowest BCUT2D eigenvalue weighted by Gasteiger charge is -2.32. The Balaban J connectivity index is 2.00. The number of furan rings is 1. The maximum Gasteiger partial charge on any atom is 0.372 e. The number of hydrogen-bond donors (Lipinski definition) is 1. The van der Waals surface area contributed by atoms with Crippen LogP contribution in [-0.4, -0.2) is 41.8 Å². The van der Waals surface area contributed by atoms with Gasteiger partial charge < -0.3 is 14.3 Å². The second-order valence-electron chi connectivity index (χ2n) is 4.22. The quantitative estimate of drug-likeness (QED) is 0.864. The predicted molar refractivity (Wildman–Crippen MR) is 61.0 cm³/mol. The molecule has 1 N–H and O–H groups in total. The van der Waals surface area contributed by atoms with E-state index in [9.17, 15) is 4.79 Å². The summed E-state index contributed by atoms with van der Waals surface area (Å²) in [6, 6.07) is 1.72. The highest BCUT2D eigenvalue weighted by Crippen LogP contribution is 2.16. The number of carboxylic acids is 1. The van der Waals surface area contributed by atoms with E-state index in [2.05, 4.69) is 11.8 Å². The van der Waals surface area contributed by atoms with Crippen LogP contribution in [0.3, 0.4) is 0 Å². The zero-order valence-electron chi connectivity index (χ0n) is 9.89. The summed E-state index contributed by atoms with van der Waals surface area (Å²) in [5.41, 5.74) is 0.731. The highest BCUT2D eigenvalue weighted by molar-refractivity contribution is 5.86. The molecule has 0 radical (unpaired) electrons. The third-order valence-electron chi connectivity index (χ3n) is 3.01. The van der Waals surface area contributed by atoms with Gasteiger partial charge in [0.1, 0.15) is 0 Å². The average Bonchev–Trinajstić information content (AvgIpc) is 2.77. The van der Waals surface area contributed by atoms with Crippen molar-refractivity contribution in [2.24, 2.45) is 0 Å². The Labute approximate surface area is 100.0 Å². The molecule has 5 nitrogen and oxygen atoms in total. The number of carbonyl (C=O) groups is 1. The van der Waals surface area contributed by atoms with E-state index in [0.717, 1.165) is 25.1 Å². The maximum absolute atomic E-state index is 10.9. The molecule has 1 aliphatic rings. The lowest BCUT2D eigenvalue weighted by atomic mass is 10.2. The topological polar surface area (TPSA) is 62.9 Å². The molecule has 1 aromatic heterocycles. The summed E-state index contributed by atoms with van der Waals surface area (Å²) in [4.78, 5) is 13.1. The summed E-state index contributed by atoms with van der Waals surface area (Å²) in [6.45, 7) is 5.09. The first kappa shape index (κ1) is 12.1. The van der Waals surface area contributed by atoms with Gasteiger partial charge in [-0.3, -0.25) is 4.90 Å². The van der Waals surface area contributed by atoms with Crippen LogP contribution in [0, 0.1) is 0 Å². The first-order valence-corrected chi connectivity index (χ1v) is 5.84. The van der Waals surface area contributed by atoms with Crippen molar-refractivity contribution in [1.29, 1.82) is 0 Å². The molecule has 1 aromatic rings. The van der Waals surface area contributed by atoms with Crippen LogP contribution in [0.15, 0.2) is 16.7 Å². The minimum atomic E-state index is -1.01. The number of nitrogens with zero attached hydrogens (tertiary/aromatic N) is 1. The fraction of sp³-hybridized carbons (Fsp3) is 0.583. The van der Waals surface area contributed by atoms with Crippen LogP contribution in [0.1, 0.15) is 29.5 Å². The fourth-order valence-corrected chi connectivity index (χ4v) is 2.06. The van der Waals surface area contributed by atoms with Gasteiger partial charge in [0, 0.05) is 25.2 Å². The molecule has 0 amide bonds. The van der Waals surface area contributed by atoms with E-state index in [1.54, 1.807) is 6.07 Å². The van der Waals surface area contributed by atoms with Crippen molar-refractivity contribution in [1.82, 2.24) is 4.90 Å². The molecule has 2 rings (SSSR count). The van der Waals surface area contributed by atoms with E-state index < -0.39 is 5.97 Å². The van der Waals surface area contributed by atoms with E-state index in [1.807, 2.05) is 0 Å². The molecule has 1 unspecified atom stereocenters. The van der Waals surface area contributed by atoms with Crippen LogP contribution in [0.5, 0.6) is 0 Å². The molecule has 94 valence electrons. The van der Waals surface area contributed by atoms with Gasteiger partial charge in [0.25, 0.3) is 0 Å². The molecule has 0 bridgehead atoms. The monoisotopic (exact) mass is 239 g/mol. The first-order valence-electron chi connectivity index (χ1n) is 5.84. The van der Waals surface area contributed by atoms with Gasteiger partial charge in [-0.1, -0.05) is 6.92 Å². The third-order valence-corrected chi connectivity index (χ3v) is 3.01. The Morgan fingerprint density at radius 2 is 2.47 bits per heavy atom. The lowest BCUT2D eigenvalue weighted by Crippen LogP contribution is -2.41. The molecule has 1 saturated heterocycles. The molecular formula is C12H17NO4. The average molecular weight is 239 g/mol. The summed E-state index contributed by atoms with van der Waals surface area (Å²) in [5.74, 6) is -0.963. The zero-order valence-corrected chi connectivity index (χ0v) is 9.89. The molecule has 2 heterocycles. The lowest BCUT2D eigenvalue weighted by molar-refractivity contribution is -0.0326. The Bertz CT molecular complexity index is 388. The minimum Gasteiger partial charge on any atom is -0.475 e. The van der Waals surface area contributed by atoms with E-state index in [4.69, 9.17) is 14.3 Å². The Morgan fingerprint density at radius 3 is 3.18 bits per heavy atom. The normalized spacial score (nSPS) is 21.6.